The quantitative estimate of drug-likeness (QED) is 0.813. The van der Waals surface area contributed by atoms with E-state index in [2.05, 4.69) is 11.2 Å². The van der Waals surface area contributed by atoms with Crippen molar-refractivity contribution in [3.8, 4) is 6.07 Å². The molecule has 1 saturated heterocycles. The molecule has 0 N–H and O–H groups in total. The van der Waals surface area contributed by atoms with Gasteiger partial charge in [-0.3, -0.25) is 9.48 Å². The van der Waals surface area contributed by atoms with Crippen LogP contribution in [0.4, 0.5) is 0 Å². The molecule has 0 aliphatic carbocycles. The molecular formula is C14H20N4O. The maximum Gasteiger partial charge on any atom is 0.272 e. The zero-order chi connectivity index (χ0) is 14.0. The predicted molar refractivity (Wildman–Crippen MR) is 71.4 cm³/mol. The summed E-state index contributed by atoms with van der Waals surface area (Å²) in [6.45, 7) is 5.29. The SMILES string of the molecule is CCc1cc(C(=O)N2CCC(C)(C#N)CC2)n(C)n1. The van der Waals surface area contributed by atoms with E-state index < -0.39 is 0 Å². The monoisotopic (exact) mass is 260 g/mol. The Morgan fingerprint density at radius 2 is 2.16 bits per heavy atom. The number of amides is 1. The molecule has 0 unspecified atom stereocenters. The lowest BCUT2D eigenvalue weighted by atomic mass is 9.82. The largest absolute Gasteiger partial charge is 0.337 e. The Kier molecular flexibility index (Phi) is 3.61. The van der Waals surface area contributed by atoms with Gasteiger partial charge in [-0.05, 0) is 32.3 Å². The summed E-state index contributed by atoms with van der Waals surface area (Å²) in [5, 5.41) is 13.4. The zero-order valence-corrected chi connectivity index (χ0v) is 11.8. The fraction of sp³-hybridized carbons (Fsp3) is 0.643. The van der Waals surface area contributed by atoms with E-state index >= 15 is 0 Å². The number of piperidine rings is 1. The van der Waals surface area contributed by atoms with Crippen LogP contribution in [-0.2, 0) is 13.5 Å². The van der Waals surface area contributed by atoms with Crippen LogP contribution in [0.2, 0.25) is 0 Å². The summed E-state index contributed by atoms with van der Waals surface area (Å²) in [6, 6.07) is 4.21. The van der Waals surface area contributed by atoms with Gasteiger partial charge in [0.05, 0.1) is 17.2 Å². The normalized spacial score (nSPS) is 18.1. The van der Waals surface area contributed by atoms with Crippen molar-refractivity contribution >= 4 is 5.91 Å². The molecule has 1 fully saturated rings. The van der Waals surface area contributed by atoms with Crippen LogP contribution in [0.5, 0.6) is 0 Å². The molecule has 102 valence electrons. The maximum atomic E-state index is 12.4. The molecule has 1 amide bonds. The molecule has 0 spiro atoms. The second-order valence-corrected chi connectivity index (χ2v) is 5.46. The van der Waals surface area contributed by atoms with Crippen molar-refractivity contribution < 1.29 is 4.79 Å². The molecule has 1 aromatic rings. The van der Waals surface area contributed by atoms with E-state index in [0.29, 0.717) is 18.8 Å². The first-order valence-electron chi connectivity index (χ1n) is 6.72. The van der Waals surface area contributed by atoms with E-state index in [9.17, 15) is 4.79 Å². The van der Waals surface area contributed by atoms with Gasteiger partial charge in [0.15, 0.2) is 0 Å². The Labute approximate surface area is 113 Å². The van der Waals surface area contributed by atoms with Gasteiger partial charge in [-0.1, -0.05) is 6.92 Å². The highest BCUT2D eigenvalue weighted by molar-refractivity contribution is 5.92. The third-order valence-corrected chi connectivity index (χ3v) is 3.94. The van der Waals surface area contributed by atoms with E-state index in [0.717, 1.165) is 25.0 Å². The van der Waals surface area contributed by atoms with Crippen LogP contribution in [0.1, 0.15) is 42.9 Å². The topological polar surface area (TPSA) is 61.9 Å². The summed E-state index contributed by atoms with van der Waals surface area (Å²) in [5.74, 6) is 0.0229. The van der Waals surface area contributed by atoms with E-state index in [1.165, 1.54) is 0 Å². The smallest absolute Gasteiger partial charge is 0.272 e. The van der Waals surface area contributed by atoms with E-state index in [1.807, 2.05) is 24.8 Å². The first-order valence-corrected chi connectivity index (χ1v) is 6.72. The fourth-order valence-corrected chi connectivity index (χ4v) is 2.38. The number of carbonyl (C=O) groups is 1. The molecule has 2 heterocycles. The van der Waals surface area contributed by atoms with Crippen LogP contribution in [0.3, 0.4) is 0 Å². The molecule has 0 saturated carbocycles. The summed E-state index contributed by atoms with van der Waals surface area (Å²) in [4.78, 5) is 14.3. The number of carbonyl (C=O) groups excluding carboxylic acids is 1. The first-order chi connectivity index (χ1) is 8.99. The molecule has 2 rings (SSSR count). The number of likely N-dealkylation sites (tertiary alicyclic amines) is 1. The van der Waals surface area contributed by atoms with Crippen molar-refractivity contribution in [1.82, 2.24) is 14.7 Å². The number of rotatable bonds is 2. The van der Waals surface area contributed by atoms with Crippen molar-refractivity contribution in [1.29, 1.82) is 5.26 Å². The summed E-state index contributed by atoms with van der Waals surface area (Å²) in [7, 11) is 1.80. The lowest BCUT2D eigenvalue weighted by Crippen LogP contribution is -2.42. The van der Waals surface area contributed by atoms with Gasteiger partial charge in [0, 0.05) is 20.1 Å². The average molecular weight is 260 g/mol. The number of hydrogen-bond donors (Lipinski definition) is 0. The molecule has 1 aliphatic heterocycles. The summed E-state index contributed by atoms with van der Waals surface area (Å²) in [5.41, 5.74) is 1.29. The lowest BCUT2D eigenvalue weighted by molar-refractivity contribution is 0.0650. The molecule has 1 aliphatic rings. The molecule has 5 heteroatoms. The number of nitriles is 1. The van der Waals surface area contributed by atoms with E-state index in [1.54, 1.807) is 11.7 Å². The molecule has 1 aromatic heterocycles. The van der Waals surface area contributed by atoms with Gasteiger partial charge in [0.2, 0.25) is 0 Å². The van der Waals surface area contributed by atoms with Gasteiger partial charge in [-0.25, -0.2) is 0 Å². The molecule has 0 radical (unpaired) electrons. The molecular weight excluding hydrogens is 240 g/mol. The summed E-state index contributed by atoms with van der Waals surface area (Å²) >= 11 is 0. The minimum absolute atomic E-state index is 0.0229. The van der Waals surface area contributed by atoms with E-state index in [-0.39, 0.29) is 11.3 Å². The average Bonchev–Trinajstić information content (AvgIpc) is 2.80. The summed E-state index contributed by atoms with van der Waals surface area (Å²) < 4.78 is 1.65. The van der Waals surface area contributed by atoms with Crippen molar-refractivity contribution in [2.24, 2.45) is 12.5 Å². The molecule has 5 nitrogen and oxygen atoms in total. The Morgan fingerprint density at radius 3 is 2.63 bits per heavy atom. The molecule has 0 aromatic carbocycles. The Morgan fingerprint density at radius 1 is 1.53 bits per heavy atom. The lowest BCUT2D eigenvalue weighted by Gasteiger charge is -2.34. The van der Waals surface area contributed by atoms with Crippen molar-refractivity contribution in [3.05, 3.63) is 17.5 Å². The Bertz CT molecular complexity index is 518. The van der Waals surface area contributed by atoms with Gasteiger partial charge in [0.25, 0.3) is 5.91 Å². The van der Waals surface area contributed by atoms with Gasteiger partial charge in [0.1, 0.15) is 5.69 Å². The standard InChI is InChI=1S/C14H20N4O/c1-4-11-9-12(17(3)16-11)13(19)18-7-5-14(2,10-15)6-8-18/h9H,4-8H2,1-3H3. The van der Waals surface area contributed by atoms with Crippen molar-refractivity contribution in [2.75, 3.05) is 13.1 Å². The number of hydrogen-bond acceptors (Lipinski definition) is 3. The van der Waals surface area contributed by atoms with Crippen LogP contribution in [0.25, 0.3) is 0 Å². The first kappa shape index (κ1) is 13.6. The number of aryl methyl sites for hydroxylation is 2. The summed E-state index contributed by atoms with van der Waals surface area (Å²) in [6.07, 6.45) is 2.31. The Hall–Kier alpha value is -1.83. The van der Waals surface area contributed by atoms with Crippen LogP contribution in [-0.4, -0.2) is 33.7 Å². The highest BCUT2D eigenvalue weighted by Gasteiger charge is 2.32. The van der Waals surface area contributed by atoms with Gasteiger partial charge >= 0.3 is 0 Å². The second-order valence-electron chi connectivity index (χ2n) is 5.46. The third kappa shape index (κ3) is 2.62. The number of aromatic nitrogens is 2. The highest BCUT2D eigenvalue weighted by atomic mass is 16.2. The fourth-order valence-electron chi connectivity index (χ4n) is 2.38. The minimum atomic E-state index is -0.280. The van der Waals surface area contributed by atoms with Gasteiger partial charge < -0.3 is 4.90 Å². The van der Waals surface area contributed by atoms with Crippen LogP contribution in [0.15, 0.2) is 6.07 Å². The highest BCUT2D eigenvalue weighted by Crippen LogP contribution is 2.30. The van der Waals surface area contributed by atoms with Gasteiger partial charge in [-0.15, -0.1) is 0 Å². The molecule has 19 heavy (non-hydrogen) atoms. The van der Waals surface area contributed by atoms with Gasteiger partial charge in [-0.2, -0.15) is 10.4 Å². The minimum Gasteiger partial charge on any atom is -0.337 e. The second kappa shape index (κ2) is 5.04. The van der Waals surface area contributed by atoms with Crippen LogP contribution < -0.4 is 0 Å². The number of nitrogens with zero attached hydrogens (tertiary/aromatic N) is 4. The maximum absolute atomic E-state index is 12.4. The predicted octanol–water partition coefficient (Wildman–Crippen LogP) is 1.75. The van der Waals surface area contributed by atoms with Crippen molar-refractivity contribution in [3.63, 3.8) is 0 Å². The third-order valence-electron chi connectivity index (χ3n) is 3.94. The van der Waals surface area contributed by atoms with E-state index in [4.69, 9.17) is 5.26 Å². The molecule has 0 atom stereocenters. The van der Waals surface area contributed by atoms with Crippen LogP contribution in [0, 0.1) is 16.7 Å². The molecule has 0 bridgehead atoms. The Balaban J connectivity index is 2.09. The van der Waals surface area contributed by atoms with Crippen molar-refractivity contribution in [2.45, 2.75) is 33.1 Å². The van der Waals surface area contributed by atoms with Crippen LogP contribution >= 0.6 is 0 Å². The zero-order valence-electron chi connectivity index (χ0n) is 11.8.